The van der Waals surface area contributed by atoms with Crippen LogP contribution in [0.15, 0.2) is 42.6 Å². The number of H-pyrrole nitrogens is 1. The van der Waals surface area contributed by atoms with Gasteiger partial charge < -0.3 is 0 Å². The average molecular weight is 471 g/mol. The predicted octanol–water partition coefficient (Wildman–Crippen LogP) is 5.42. The molecule has 8 nitrogen and oxygen atoms in total. The van der Waals surface area contributed by atoms with Gasteiger partial charge in [-0.3, -0.25) is 4.98 Å². The lowest BCUT2D eigenvalue weighted by atomic mass is 9.86. The largest absolute Gasteiger partial charge is 0.259 e. The minimum atomic E-state index is 0.642. The molecular formula is C27H34N8. The molecule has 0 amide bonds. The van der Waals surface area contributed by atoms with Gasteiger partial charge in [-0.1, -0.05) is 75.8 Å². The number of hydrogen-bond acceptors (Lipinski definition) is 6. The molecule has 1 N–H and O–H groups in total. The van der Waals surface area contributed by atoms with Gasteiger partial charge in [-0.2, -0.15) is 5.10 Å². The molecule has 1 aromatic carbocycles. The van der Waals surface area contributed by atoms with Gasteiger partial charge >= 0.3 is 0 Å². The molecule has 0 aliphatic heterocycles. The van der Waals surface area contributed by atoms with E-state index >= 15 is 0 Å². The zero-order chi connectivity index (χ0) is 23.9. The first-order valence-corrected chi connectivity index (χ1v) is 13.0. The second-order valence-corrected chi connectivity index (χ2v) is 9.58. The van der Waals surface area contributed by atoms with E-state index in [1.54, 1.807) is 0 Å². The van der Waals surface area contributed by atoms with Crippen molar-refractivity contribution in [3.8, 4) is 22.5 Å². The maximum atomic E-state index is 4.94. The Balaban J connectivity index is 1.31. The van der Waals surface area contributed by atoms with Crippen molar-refractivity contribution in [1.82, 2.24) is 40.4 Å². The Kier molecular flexibility index (Phi) is 7.56. The summed E-state index contributed by atoms with van der Waals surface area (Å²) in [6.45, 7) is 2.86. The van der Waals surface area contributed by atoms with Crippen molar-refractivity contribution in [2.45, 2.75) is 77.7 Å². The molecule has 0 unspecified atom stereocenters. The van der Waals surface area contributed by atoms with Gasteiger partial charge in [0.05, 0.1) is 12.2 Å². The molecule has 1 saturated carbocycles. The fourth-order valence-electron chi connectivity index (χ4n) is 5.03. The first-order valence-electron chi connectivity index (χ1n) is 13.0. The standard InChI is InChI=1S/C27H34N8/c1-2-3-13-26-29-25(17-14-20-9-5-4-6-10-20)32-35(26)19-22-16-15-21(18-28-22)23-11-7-8-12-24(23)27-30-33-34-31-27/h7-8,11-12,15-16,18,20H,2-6,9-10,13-14,17,19H2,1H3,(H,30,31,33,34). The summed E-state index contributed by atoms with van der Waals surface area (Å²) in [6, 6.07) is 12.3. The van der Waals surface area contributed by atoms with Crippen LogP contribution in [-0.4, -0.2) is 40.4 Å². The van der Waals surface area contributed by atoms with Crippen molar-refractivity contribution in [2.75, 3.05) is 0 Å². The molecule has 0 radical (unpaired) electrons. The topological polar surface area (TPSA) is 98.1 Å². The number of pyridine rings is 1. The van der Waals surface area contributed by atoms with Crippen LogP contribution in [-0.2, 0) is 19.4 Å². The van der Waals surface area contributed by atoms with Crippen molar-refractivity contribution in [3.63, 3.8) is 0 Å². The van der Waals surface area contributed by atoms with E-state index in [4.69, 9.17) is 15.1 Å². The Labute approximate surface area is 206 Å². The molecule has 0 atom stereocenters. The third-order valence-corrected chi connectivity index (χ3v) is 7.02. The van der Waals surface area contributed by atoms with E-state index in [0.29, 0.717) is 12.4 Å². The average Bonchev–Trinajstić information content (AvgIpc) is 3.58. The second-order valence-electron chi connectivity index (χ2n) is 9.58. The van der Waals surface area contributed by atoms with Crippen LogP contribution < -0.4 is 0 Å². The number of nitrogens with zero attached hydrogens (tertiary/aromatic N) is 7. The first kappa shape index (κ1) is 23.3. The fraction of sp³-hybridized carbons (Fsp3) is 0.481. The maximum Gasteiger partial charge on any atom is 0.180 e. The summed E-state index contributed by atoms with van der Waals surface area (Å²) in [7, 11) is 0. The Hall–Kier alpha value is -3.42. The highest BCUT2D eigenvalue weighted by Crippen LogP contribution is 2.29. The molecule has 0 spiro atoms. The molecule has 182 valence electrons. The van der Waals surface area contributed by atoms with Crippen LogP contribution in [0.4, 0.5) is 0 Å². The number of hydrogen-bond donors (Lipinski definition) is 1. The summed E-state index contributed by atoms with van der Waals surface area (Å²) < 4.78 is 2.07. The zero-order valence-electron chi connectivity index (χ0n) is 20.5. The lowest BCUT2D eigenvalue weighted by Crippen LogP contribution is -2.09. The first-order chi connectivity index (χ1) is 17.3. The van der Waals surface area contributed by atoms with Crippen LogP contribution in [0, 0.1) is 5.92 Å². The van der Waals surface area contributed by atoms with Gasteiger partial charge in [-0.05, 0) is 40.8 Å². The normalized spacial score (nSPS) is 14.4. The third kappa shape index (κ3) is 5.81. The molecule has 1 aliphatic carbocycles. The maximum absolute atomic E-state index is 4.94. The highest BCUT2D eigenvalue weighted by atomic mass is 15.5. The minimum Gasteiger partial charge on any atom is -0.259 e. The number of tetrazole rings is 1. The SMILES string of the molecule is CCCCc1nc(CCC2CCCCC2)nn1Cc1ccc(-c2ccccc2-c2nnn[nH]2)cn1. The van der Waals surface area contributed by atoms with Crippen LogP contribution in [0.1, 0.15) is 75.6 Å². The van der Waals surface area contributed by atoms with Crippen LogP contribution in [0.5, 0.6) is 0 Å². The lowest BCUT2D eigenvalue weighted by Gasteiger charge is -2.20. The minimum absolute atomic E-state index is 0.642. The summed E-state index contributed by atoms with van der Waals surface area (Å²) in [4.78, 5) is 9.71. The van der Waals surface area contributed by atoms with E-state index in [-0.39, 0.29) is 0 Å². The van der Waals surface area contributed by atoms with Crippen LogP contribution in [0.3, 0.4) is 0 Å². The number of aromatic nitrogens is 8. The van der Waals surface area contributed by atoms with E-state index in [9.17, 15) is 0 Å². The van der Waals surface area contributed by atoms with Crippen LogP contribution >= 0.6 is 0 Å². The van der Waals surface area contributed by atoms with E-state index in [0.717, 1.165) is 65.6 Å². The van der Waals surface area contributed by atoms with Gasteiger partial charge in [0.1, 0.15) is 5.82 Å². The number of aryl methyl sites for hydroxylation is 2. The Morgan fingerprint density at radius 2 is 1.86 bits per heavy atom. The summed E-state index contributed by atoms with van der Waals surface area (Å²) in [5.41, 5.74) is 4.00. The smallest absolute Gasteiger partial charge is 0.180 e. The Bertz CT molecular complexity index is 1190. The van der Waals surface area contributed by atoms with E-state index < -0.39 is 0 Å². The van der Waals surface area contributed by atoms with E-state index in [2.05, 4.69) is 50.4 Å². The molecule has 8 heteroatoms. The van der Waals surface area contributed by atoms with Gasteiger partial charge in [0.15, 0.2) is 11.6 Å². The third-order valence-electron chi connectivity index (χ3n) is 7.02. The highest BCUT2D eigenvalue weighted by molar-refractivity contribution is 5.79. The number of benzene rings is 1. The monoisotopic (exact) mass is 470 g/mol. The quantitative estimate of drug-likeness (QED) is 0.332. The lowest BCUT2D eigenvalue weighted by molar-refractivity contribution is 0.337. The van der Waals surface area contributed by atoms with Gasteiger partial charge in [0, 0.05) is 30.2 Å². The van der Waals surface area contributed by atoms with Crippen molar-refractivity contribution in [3.05, 3.63) is 59.9 Å². The molecule has 0 bridgehead atoms. The van der Waals surface area contributed by atoms with Crippen molar-refractivity contribution in [2.24, 2.45) is 5.92 Å². The Morgan fingerprint density at radius 3 is 2.60 bits per heavy atom. The summed E-state index contributed by atoms with van der Waals surface area (Å²) >= 11 is 0. The molecule has 3 aromatic heterocycles. The predicted molar refractivity (Wildman–Crippen MR) is 135 cm³/mol. The molecule has 1 fully saturated rings. The van der Waals surface area contributed by atoms with Crippen molar-refractivity contribution in [1.29, 1.82) is 0 Å². The summed E-state index contributed by atoms with van der Waals surface area (Å²) in [5.74, 6) is 3.57. The molecule has 0 saturated heterocycles. The Morgan fingerprint density at radius 1 is 1.00 bits per heavy atom. The van der Waals surface area contributed by atoms with Gasteiger partial charge in [-0.25, -0.2) is 14.8 Å². The van der Waals surface area contributed by atoms with Gasteiger partial charge in [0.2, 0.25) is 0 Å². The van der Waals surface area contributed by atoms with Crippen molar-refractivity contribution < 1.29 is 0 Å². The molecule has 5 rings (SSSR count). The van der Waals surface area contributed by atoms with Gasteiger partial charge in [-0.15, -0.1) is 5.10 Å². The van der Waals surface area contributed by atoms with Crippen LogP contribution in [0.2, 0.25) is 0 Å². The fourth-order valence-corrected chi connectivity index (χ4v) is 5.03. The zero-order valence-corrected chi connectivity index (χ0v) is 20.5. The highest BCUT2D eigenvalue weighted by Gasteiger charge is 2.16. The van der Waals surface area contributed by atoms with Gasteiger partial charge in [0.25, 0.3) is 0 Å². The molecule has 4 aromatic rings. The van der Waals surface area contributed by atoms with Crippen molar-refractivity contribution >= 4 is 0 Å². The van der Waals surface area contributed by atoms with E-state index in [1.165, 1.54) is 38.5 Å². The molecule has 1 aliphatic rings. The number of nitrogens with one attached hydrogen (secondary N) is 1. The molecule has 35 heavy (non-hydrogen) atoms. The molecular weight excluding hydrogens is 436 g/mol. The summed E-state index contributed by atoms with van der Waals surface area (Å²) in [6.07, 6.45) is 14.3. The van der Waals surface area contributed by atoms with Crippen LogP contribution in [0.25, 0.3) is 22.5 Å². The second kappa shape index (κ2) is 11.3. The van der Waals surface area contributed by atoms with E-state index in [1.807, 2.05) is 24.4 Å². The number of rotatable bonds is 10. The number of unbranched alkanes of at least 4 members (excludes halogenated alkanes) is 1. The molecule has 3 heterocycles. The summed E-state index contributed by atoms with van der Waals surface area (Å²) in [5, 5.41) is 19.3. The number of aromatic amines is 1.